The van der Waals surface area contributed by atoms with Crippen molar-refractivity contribution in [2.24, 2.45) is 0 Å². The first-order chi connectivity index (χ1) is 37.7. The molecule has 414 valence electrons. The summed E-state index contributed by atoms with van der Waals surface area (Å²) in [7, 11) is -2.08. The van der Waals surface area contributed by atoms with Gasteiger partial charge in [-0.05, 0) is 61.6 Å². The summed E-state index contributed by atoms with van der Waals surface area (Å²) in [4.78, 5) is 88.5. The number of anilines is 6. The van der Waals surface area contributed by atoms with Gasteiger partial charge in [-0.2, -0.15) is 4.98 Å². The molecule has 0 aliphatic carbocycles. The minimum atomic E-state index is -3.69. The van der Waals surface area contributed by atoms with Crippen molar-refractivity contribution in [3.05, 3.63) is 82.8 Å². The fraction of sp³-hybridized carbons (Fsp3) is 0.442. The Bertz CT molecular complexity index is 3180. The number of amides is 5. The molecule has 78 heavy (non-hydrogen) atoms. The highest BCUT2D eigenvalue weighted by molar-refractivity contribution is 7.92. The number of sulfonamides is 1. The second-order valence-electron chi connectivity index (χ2n) is 19.1. The fourth-order valence-corrected chi connectivity index (χ4v) is 10.8. The third-order valence-corrected chi connectivity index (χ3v) is 14.9. The number of aromatic nitrogens is 4. The highest BCUT2D eigenvalue weighted by Crippen LogP contribution is 2.39. The second kappa shape index (κ2) is 24.9. The molecule has 24 nitrogen and oxygen atoms in total. The van der Waals surface area contributed by atoms with Crippen molar-refractivity contribution in [3.63, 3.8) is 0 Å². The normalized spacial score (nSPS) is 17.2. The van der Waals surface area contributed by atoms with E-state index >= 15 is 0 Å². The van der Waals surface area contributed by atoms with Crippen molar-refractivity contribution >= 4 is 96.7 Å². The Balaban J connectivity index is 0.670. The molecule has 1 atom stereocenters. The lowest BCUT2D eigenvalue weighted by Gasteiger charge is -2.43. The number of ether oxygens (including phenoxy) is 4. The lowest BCUT2D eigenvalue weighted by atomic mass is 9.99. The monoisotopic (exact) mass is 1110 g/mol. The Morgan fingerprint density at radius 3 is 2.41 bits per heavy atom. The molecule has 4 aliphatic heterocycles. The first-order valence-corrected chi connectivity index (χ1v) is 28.0. The molecule has 4 aliphatic rings. The summed E-state index contributed by atoms with van der Waals surface area (Å²) in [5, 5.41) is 11.7. The molecule has 3 fully saturated rings. The number of hydrogen-bond donors (Lipinski definition) is 5. The van der Waals surface area contributed by atoms with E-state index in [4.69, 9.17) is 30.5 Å². The van der Waals surface area contributed by atoms with Crippen LogP contribution in [-0.2, 0) is 51.6 Å². The smallest absolute Gasteiger partial charge is 0.258 e. The highest BCUT2D eigenvalue weighted by Gasteiger charge is 2.40. The van der Waals surface area contributed by atoms with Crippen LogP contribution in [0.15, 0.2) is 61.1 Å². The number of nitrogens with zero attached hydrogens (tertiary/aromatic N) is 8. The molecule has 2 aromatic heterocycles. The maximum Gasteiger partial charge on any atom is 0.258 e. The molecule has 6 heterocycles. The van der Waals surface area contributed by atoms with Crippen LogP contribution < -0.4 is 40.4 Å². The van der Waals surface area contributed by atoms with Crippen LogP contribution in [0.5, 0.6) is 11.5 Å². The summed E-state index contributed by atoms with van der Waals surface area (Å²) in [6.45, 7) is 7.33. The van der Waals surface area contributed by atoms with Gasteiger partial charge in [-0.25, -0.2) is 13.4 Å². The topological polar surface area (TPSA) is 281 Å². The summed E-state index contributed by atoms with van der Waals surface area (Å²) in [6.07, 6.45) is 8.59. The number of imide groups is 1. The molecular formula is C52H62ClN13O11S. The zero-order valence-corrected chi connectivity index (χ0v) is 45.1. The number of methoxy groups -OCH3 is 1. The van der Waals surface area contributed by atoms with E-state index in [2.05, 4.69) is 62.6 Å². The number of nitrogens with one attached hydrogen (secondary N) is 5. The number of benzene rings is 3. The molecule has 0 saturated carbocycles. The predicted molar refractivity (Wildman–Crippen MR) is 290 cm³/mol. The van der Waals surface area contributed by atoms with E-state index in [0.717, 1.165) is 62.9 Å². The molecule has 0 spiro atoms. The first-order valence-electron chi connectivity index (χ1n) is 25.7. The fourth-order valence-electron chi connectivity index (χ4n) is 10.1. The molecule has 5 aromatic rings. The number of carbonyl (C=O) groups is 5. The number of hydrogen-bond acceptors (Lipinski definition) is 19. The number of fused-ring (bicyclic) bond motifs is 2. The van der Waals surface area contributed by atoms with E-state index in [9.17, 15) is 32.4 Å². The molecule has 9 rings (SSSR count). The third-order valence-electron chi connectivity index (χ3n) is 14.0. The van der Waals surface area contributed by atoms with Crippen LogP contribution in [0, 0.1) is 0 Å². The van der Waals surface area contributed by atoms with Crippen molar-refractivity contribution in [2.75, 3.05) is 112 Å². The van der Waals surface area contributed by atoms with Crippen LogP contribution in [0.3, 0.4) is 0 Å². The Morgan fingerprint density at radius 1 is 0.872 bits per heavy atom. The van der Waals surface area contributed by atoms with Gasteiger partial charge in [-0.15, -0.1) is 0 Å². The number of piperazine rings is 1. The maximum atomic E-state index is 13.1. The van der Waals surface area contributed by atoms with Gasteiger partial charge in [0, 0.05) is 93.6 Å². The molecule has 0 bridgehead atoms. The van der Waals surface area contributed by atoms with Crippen LogP contribution in [0.2, 0.25) is 5.02 Å². The quantitative estimate of drug-likeness (QED) is 0.0489. The van der Waals surface area contributed by atoms with Crippen LogP contribution in [-0.4, -0.2) is 177 Å². The maximum absolute atomic E-state index is 13.1. The predicted octanol–water partition coefficient (Wildman–Crippen LogP) is 3.61. The van der Waals surface area contributed by atoms with E-state index in [1.165, 1.54) is 23.5 Å². The summed E-state index contributed by atoms with van der Waals surface area (Å²) < 4.78 is 50.1. The Morgan fingerprint density at radius 2 is 1.65 bits per heavy atom. The van der Waals surface area contributed by atoms with E-state index < -0.39 is 22.0 Å². The van der Waals surface area contributed by atoms with E-state index in [0.29, 0.717) is 64.2 Å². The SMILES string of the molecule is CCc1cc(Nc2ncc(Cl)c(Nc3ccc4nccnc4c3NS(C)(=O)=O)n2)c(OC)cc1N1CCC(N2CCN(C(=O)COCCOCCNC(=O)COc3cccc4c3CN(C3CCC(=O)NC3=O)C4=O)CC2)CC1. The number of halogens is 1. The van der Waals surface area contributed by atoms with Crippen LogP contribution in [0.25, 0.3) is 11.0 Å². The number of piperidine rings is 2. The van der Waals surface area contributed by atoms with Gasteiger partial charge in [0.15, 0.2) is 12.4 Å². The van der Waals surface area contributed by atoms with Crippen LogP contribution >= 0.6 is 11.6 Å². The number of aryl methyl sites for hydroxylation is 1. The Labute approximate surface area is 455 Å². The molecule has 5 N–H and O–H groups in total. The molecule has 26 heteroatoms. The van der Waals surface area contributed by atoms with Crippen molar-refractivity contribution in [2.45, 2.75) is 57.7 Å². The molecule has 3 saturated heterocycles. The van der Waals surface area contributed by atoms with Crippen molar-refractivity contribution < 1.29 is 51.3 Å². The van der Waals surface area contributed by atoms with Crippen LogP contribution in [0.4, 0.5) is 34.5 Å². The Kier molecular flexibility index (Phi) is 17.7. The summed E-state index contributed by atoms with van der Waals surface area (Å²) in [5.74, 6) is -0.199. The first kappa shape index (κ1) is 55.3. The minimum Gasteiger partial charge on any atom is -0.494 e. The van der Waals surface area contributed by atoms with Crippen molar-refractivity contribution in [1.82, 2.24) is 45.3 Å². The van der Waals surface area contributed by atoms with Gasteiger partial charge in [0.1, 0.15) is 34.7 Å². The molecule has 1 unspecified atom stereocenters. The lowest BCUT2D eigenvalue weighted by molar-refractivity contribution is -0.139. The van der Waals surface area contributed by atoms with Crippen molar-refractivity contribution in [3.8, 4) is 11.5 Å². The van der Waals surface area contributed by atoms with Gasteiger partial charge in [0.2, 0.25) is 33.7 Å². The van der Waals surface area contributed by atoms with E-state index in [1.807, 2.05) is 17.0 Å². The summed E-state index contributed by atoms with van der Waals surface area (Å²) in [5.41, 5.74) is 5.25. The average molecular weight is 1110 g/mol. The van der Waals surface area contributed by atoms with Gasteiger partial charge in [0.05, 0.1) is 68.5 Å². The van der Waals surface area contributed by atoms with Crippen LogP contribution in [0.1, 0.15) is 54.1 Å². The minimum absolute atomic E-state index is 0.0471. The van der Waals surface area contributed by atoms with Gasteiger partial charge in [0.25, 0.3) is 11.8 Å². The molecule has 5 amide bonds. The average Bonchev–Trinajstić information content (AvgIpc) is 3.95. The van der Waals surface area contributed by atoms with Gasteiger partial charge in [-0.1, -0.05) is 24.6 Å². The number of carbonyl (C=O) groups excluding carboxylic acids is 5. The molecular weight excluding hydrogens is 1050 g/mol. The zero-order chi connectivity index (χ0) is 54.9. The summed E-state index contributed by atoms with van der Waals surface area (Å²) >= 11 is 6.57. The Hall–Kier alpha value is -7.45. The largest absolute Gasteiger partial charge is 0.494 e. The van der Waals surface area contributed by atoms with Crippen molar-refractivity contribution in [1.29, 1.82) is 0 Å². The summed E-state index contributed by atoms with van der Waals surface area (Å²) in [6, 6.07) is 12.1. The lowest BCUT2D eigenvalue weighted by Crippen LogP contribution is -2.55. The zero-order valence-electron chi connectivity index (χ0n) is 43.5. The van der Waals surface area contributed by atoms with Gasteiger partial charge in [-0.3, -0.25) is 48.9 Å². The van der Waals surface area contributed by atoms with Gasteiger partial charge < -0.3 is 49.6 Å². The molecule has 3 aromatic carbocycles. The van der Waals surface area contributed by atoms with E-state index in [-0.39, 0.29) is 105 Å². The van der Waals surface area contributed by atoms with Gasteiger partial charge >= 0.3 is 0 Å². The standard InChI is InChI=1S/C52H62ClN13O11S/c1-4-32-26-39(59-52-57-28-36(53)49(61-52)58-38-9-8-37-47(56-15-14-54-37)48(38)62-78(3,72)73)43(74-2)27-41(32)64-17-12-33(13-18-64)63-19-21-65(22-20-63)46(69)31-76-25-24-75-23-16-55-45(68)30-77-42-7-5-6-34-35(42)29-66(51(34)71)40-10-11-44(67)60-50(40)70/h5-9,14-15,26-28,33,40,62H,4,10-13,16-25,29-31H2,1-3H3,(H,55,68)(H,60,67,70)(H2,57,58,59,61). The third kappa shape index (κ3) is 13.3. The number of rotatable bonds is 22. The second-order valence-corrected chi connectivity index (χ2v) is 21.2. The van der Waals surface area contributed by atoms with E-state index in [1.54, 1.807) is 37.4 Å². The molecule has 0 radical (unpaired) electrons. The highest BCUT2D eigenvalue weighted by atomic mass is 35.5.